The van der Waals surface area contributed by atoms with Crippen LogP contribution in [0.3, 0.4) is 0 Å². The number of methoxy groups -OCH3 is 1. The third-order valence-corrected chi connectivity index (χ3v) is 4.15. The van der Waals surface area contributed by atoms with Crippen molar-refractivity contribution in [3.8, 4) is 5.75 Å². The first-order valence-electron chi connectivity index (χ1n) is 9.02. The van der Waals surface area contributed by atoms with Crippen molar-refractivity contribution < 1.29 is 4.74 Å². The second-order valence-corrected chi connectivity index (χ2v) is 6.35. The third kappa shape index (κ3) is 5.28. The Morgan fingerprint density at radius 2 is 1.88 bits per heavy atom. The van der Waals surface area contributed by atoms with Crippen LogP contribution in [0.1, 0.15) is 45.2 Å². The zero-order valence-corrected chi connectivity index (χ0v) is 15.7. The number of benzene rings is 1. The number of ether oxygens (including phenoxy) is 1. The summed E-state index contributed by atoms with van der Waals surface area (Å²) in [4.78, 5) is 4.57. The van der Waals surface area contributed by atoms with Crippen molar-refractivity contribution in [2.75, 3.05) is 23.5 Å². The van der Waals surface area contributed by atoms with Crippen LogP contribution >= 0.6 is 0 Å². The molecule has 0 unspecified atom stereocenters. The SMILES string of the molecule is CCCC(CCC)Nc1cc(C)nc(Nc2cccc(OC)c2)c1N. The van der Waals surface area contributed by atoms with E-state index < -0.39 is 0 Å². The molecule has 0 aliphatic rings. The van der Waals surface area contributed by atoms with Crippen molar-refractivity contribution in [2.45, 2.75) is 52.5 Å². The topological polar surface area (TPSA) is 72.2 Å². The maximum Gasteiger partial charge on any atom is 0.156 e. The van der Waals surface area contributed by atoms with Crippen LogP contribution in [0, 0.1) is 6.92 Å². The van der Waals surface area contributed by atoms with Crippen LogP contribution in [0.15, 0.2) is 30.3 Å². The van der Waals surface area contributed by atoms with Crippen LogP contribution < -0.4 is 21.1 Å². The van der Waals surface area contributed by atoms with E-state index in [1.807, 2.05) is 37.3 Å². The van der Waals surface area contributed by atoms with Gasteiger partial charge in [0.15, 0.2) is 5.82 Å². The predicted octanol–water partition coefficient (Wildman–Crippen LogP) is 5.11. The summed E-state index contributed by atoms with van der Waals surface area (Å²) in [7, 11) is 1.65. The molecule has 0 bridgehead atoms. The van der Waals surface area contributed by atoms with Gasteiger partial charge in [0.1, 0.15) is 5.75 Å². The molecule has 2 rings (SSSR count). The van der Waals surface area contributed by atoms with E-state index in [1.54, 1.807) is 7.11 Å². The van der Waals surface area contributed by atoms with Gasteiger partial charge in [-0.05, 0) is 38.0 Å². The number of nitrogens with two attached hydrogens (primary N) is 1. The summed E-state index contributed by atoms with van der Waals surface area (Å²) in [6, 6.07) is 10.2. The summed E-state index contributed by atoms with van der Waals surface area (Å²) < 4.78 is 5.27. The van der Waals surface area contributed by atoms with Gasteiger partial charge in [-0.3, -0.25) is 0 Å². The van der Waals surface area contributed by atoms with Crippen LogP contribution in [0.5, 0.6) is 5.75 Å². The van der Waals surface area contributed by atoms with E-state index in [-0.39, 0.29) is 0 Å². The molecule has 136 valence electrons. The fraction of sp³-hybridized carbons (Fsp3) is 0.450. The van der Waals surface area contributed by atoms with Gasteiger partial charge in [0, 0.05) is 23.5 Å². The standard InChI is InChI=1S/C20H30N4O/c1-5-8-15(9-6-2)23-18-12-14(3)22-20(19(18)21)24-16-10-7-11-17(13-16)25-4/h7,10-13,15H,5-6,8-9,21H2,1-4H3,(H2,22,23,24). The van der Waals surface area contributed by atoms with Crippen LogP contribution in [0.4, 0.5) is 22.9 Å². The summed E-state index contributed by atoms with van der Waals surface area (Å²) in [5, 5.41) is 6.92. The lowest BCUT2D eigenvalue weighted by Gasteiger charge is -2.21. The van der Waals surface area contributed by atoms with Crippen molar-refractivity contribution in [1.82, 2.24) is 4.98 Å². The Labute approximate surface area is 151 Å². The number of nitrogens with zero attached hydrogens (tertiary/aromatic N) is 1. The van der Waals surface area contributed by atoms with E-state index in [2.05, 4.69) is 29.5 Å². The van der Waals surface area contributed by atoms with Gasteiger partial charge in [0.25, 0.3) is 0 Å². The minimum Gasteiger partial charge on any atom is -0.497 e. The highest BCUT2D eigenvalue weighted by atomic mass is 16.5. The lowest BCUT2D eigenvalue weighted by molar-refractivity contribution is 0.415. The van der Waals surface area contributed by atoms with Crippen molar-refractivity contribution in [3.63, 3.8) is 0 Å². The summed E-state index contributed by atoms with van der Waals surface area (Å²) in [5.41, 5.74) is 9.81. The number of nitrogen functional groups attached to an aromatic ring is 1. The minimum atomic E-state index is 0.434. The van der Waals surface area contributed by atoms with E-state index in [4.69, 9.17) is 10.5 Å². The number of nitrogens with one attached hydrogen (secondary N) is 2. The molecule has 25 heavy (non-hydrogen) atoms. The highest BCUT2D eigenvalue weighted by Crippen LogP contribution is 2.31. The molecule has 0 aliphatic heterocycles. The summed E-state index contributed by atoms with van der Waals surface area (Å²) in [6.07, 6.45) is 4.56. The van der Waals surface area contributed by atoms with Crippen LogP contribution in [0.25, 0.3) is 0 Å². The zero-order chi connectivity index (χ0) is 18.2. The molecule has 1 aromatic carbocycles. The first kappa shape index (κ1) is 18.9. The van der Waals surface area contributed by atoms with E-state index in [0.29, 0.717) is 17.5 Å². The molecule has 5 heteroatoms. The number of hydrogen-bond donors (Lipinski definition) is 3. The molecule has 2 aromatic rings. The minimum absolute atomic E-state index is 0.434. The predicted molar refractivity (Wildman–Crippen MR) is 107 cm³/mol. The van der Waals surface area contributed by atoms with Crippen molar-refractivity contribution in [2.24, 2.45) is 0 Å². The van der Waals surface area contributed by atoms with Crippen LogP contribution in [0.2, 0.25) is 0 Å². The fourth-order valence-electron chi connectivity index (χ4n) is 2.94. The zero-order valence-electron chi connectivity index (χ0n) is 15.7. The van der Waals surface area contributed by atoms with Gasteiger partial charge in [-0.15, -0.1) is 0 Å². The molecular formula is C20H30N4O. The maximum absolute atomic E-state index is 6.39. The number of anilines is 4. The summed E-state index contributed by atoms with van der Waals surface area (Å²) >= 11 is 0. The lowest BCUT2D eigenvalue weighted by Crippen LogP contribution is -2.20. The number of hydrogen-bond acceptors (Lipinski definition) is 5. The highest BCUT2D eigenvalue weighted by Gasteiger charge is 2.13. The molecule has 4 N–H and O–H groups in total. The number of pyridine rings is 1. The summed E-state index contributed by atoms with van der Waals surface area (Å²) in [6.45, 7) is 6.40. The average Bonchev–Trinajstić information content (AvgIpc) is 2.59. The number of rotatable bonds is 9. The van der Waals surface area contributed by atoms with Gasteiger partial charge in [0.2, 0.25) is 0 Å². The first-order valence-corrected chi connectivity index (χ1v) is 9.02. The average molecular weight is 342 g/mol. The summed E-state index contributed by atoms with van der Waals surface area (Å²) in [5.74, 6) is 1.46. The highest BCUT2D eigenvalue weighted by molar-refractivity contribution is 5.81. The molecule has 0 spiro atoms. The van der Waals surface area contributed by atoms with E-state index >= 15 is 0 Å². The molecule has 0 atom stereocenters. The molecule has 0 aliphatic carbocycles. The molecular weight excluding hydrogens is 312 g/mol. The quantitative estimate of drug-likeness (QED) is 0.591. The molecule has 0 radical (unpaired) electrons. The molecule has 1 heterocycles. The van der Waals surface area contributed by atoms with Gasteiger partial charge < -0.3 is 21.1 Å². The Balaban J connectivity index is 2.25. The Morgan fingerprint density at radius 3 is 2.52 bits per heavy atom. The van der Waals surface area contributed by atoms with Gasteiger partial charge in [-0.25, -0.2) is 4.98 Å². The van der Waals surface area contributed by atoms with Gasteiger partial charge in [-0.2, -0.15) is 0 Å². The Hall–Kier alpha value is -2.43. The third-order valence-electron chi connectivity index (χ3n) is 4.15. The number of aryl methyl sites for hydroxylation is 1. The van der Waals surface area contributed by atoms with Crippen LogP contribution in [-0.2, 0) is 0 Å². The Kier molecular flexibility index (Phi) is 6.92. The monoisotopic (exact) mass is 342 g/mol. The van der Waals surface area contributed by atoms with Gasteiger partial charge in [0.05, 0.1) is 18.5 Å². The molecule has 5 nitrogen and oxygen atoms in total. The van der Waals surface area contributed by atoms with Crippen molar-refractivity contribution >= 4 is 22.9 Å². The molecule has 0 fully saturated rings. The van der Waals surface area contributed by atoms with E-state index in [9.17, 15) is 0 Å². The first-order chi connectivity index (χ1) is 12.1. The molecule has 1 aromatic heterocycles. The van der Waals surface area contributed by atoms with E-state index in [0.717, 1.165) is 48.5 Å². The smallest absolute Gasteiger partial charge is 0.156 e. The second-order valence-electron chi connectivity index (χ2n) is 6.35. The lowest BCUT2D eigenvalue weighted by atomic mass is 10.1. The molecule has 0 saturated heterocycles. The van der Waals surface area contributed by atoms with Gasteiger partial charge in [-0.1, -0.05) is 32.8 Å². The number of aromatic nitrogens is 1. The molecule has 0 amide bonds. The van der Waals surface area contributed by atoms with Crippen LogP contribution in [-0.4, -0.2) is 18.1 Å². The largest absolute Gasteiger partial charge is 0.497 e. The second kappa shape index (κ2) is 9.16. The Bertz CT molecular complexity index is 681. The fourth-order valence-corrected chi connectivity index (χ4v) is 2.94. The van der Waals surface area contributed by atoms with E-state index in [1.165, 1.54) is 0 Å². The van der Waals surface area contributed by atoms with Gasteiger partial charge >= 0.3 is 0 Å². The normalized spacial score (nSPS) is 10.8. The van der Waals surface area contributed by atoms with Crippen molar-refractivity contribution in [3.05, 3.63) is 36.0 Å². The Morgan fingerprint density at radius 1 is 1.16 bits per heavy atom. The molecule has 0 saturated carbocycles. The maximum atomic E-state index is 6.39. The van der Waals surface area contributed by atoms with Crippen molar-refractivity contribution in [1.29, 1.82) is 0 Å².